The van der Waals surface area contributed by atoms with Crippen LogP contribution in [0.5, 0.6) is 0 Å². The zero-order valence-corrected chi connectivity index (χ0v) is 16.6. The number of pyridine rings is 1. The molecule has 0 radical (unpaired) electrons. The van der Waals surface area contributed by atoms with Gasteiger partial charge in [0.2, 0.25) is 5.95 Å². The molecule has 3 aromatic rings. The van der Waals surface area contributed by atoms with Crippen molar-refractivity contribution >= 4 is 22.8 Å². The van der Waals surface area contributed by atoms with Gasteiger partial charge in [-0.25, -0.2) is 19.3 Å². The van der Waals surface area contributed by atoms with Gasteiger partial charge < -0.3 is 10.2 Å². The van der Waals surface area contributed by atoms with Gasteiger partial charge in [-0.05, 0) is 38.0 Å². The fourth-order valence-corrected chi connectivity index (χ4v) is 3.67. The van der Waals surface area contributed by atoms with E-state index in [1.54, 1.807) is 29.4 Å². The Balaban J connectivity index is 1.78. The maximum Gasteiger partial charge on any atom is 0.254 e. The van der Waals surface area contributed by atoms with Crippen molar-refractivity contribution < 1.29 is 9.18 Å². The SMILES string of the molecule is CCNc1ncc(-c2cc(C(=O)N3CCC[C@H](C#N)C3)c3ccc(F)cc3n2)cn1. The summed E-state index contributed by atoms with van der Waals surface area (Å²) in [6, 6.07) is 8.17. The first-order chi connectivity index (χ1) is 14.6. The summed E-state index contributed by atoms with van der Waals surface area (Å²) in [6.07, 6.45) is 4.83. The summed E-state index contributed by atoms with van der Waals surface area (Å²) in [6.45, 7) is 3.64. The Kier molecular flexibility index (Phi) is 5.53. The number of fused-ring (bicyclic) bond motifs is 1. The number of hydrogen-bond acceptors (Lipinski definition) is 6. The maximum absolute atomic E-state index is 13.9. The van der Waals surface area contributed by atoms with E-state index in [4.69, 9.17) is 0 Å². The lowest BCUT2D eigenvalue weighted by molar-refractivity contribution is 0.0700. The number of amides is 1. The quantitative estimate of drug-likeness (QED) is 0.713. The van der Waals surface area contributed by atoms with Crippen molar-refractivity contribution in [3.8, 4) is 17.3 Å². The number of nitrogens with zero attached hydrogens (tertiary/aromatic N) is 5. The van der Waals surface area contributed by atoms with E-state index in [1.807, 2.05) is 6.92 Å². The number of benzene rings is 1. The van der Waals surface area contributed by atoms with Crippen molar-refractivity contribution in [2.45, 2.75) is 19.8 Å². The van der Waals surface area contributed by atoms with E-state index in [-0.39, 0.29) is 11.8 Å². The van der Waals surface area contributed by atoms with Crippen molar-refractivity contribution in [2.24, 2.45) is 5.92 Å². The topological polar surface area (TPSA) is 94.8 Å². The Labute approximate surface area is 173 Å². The van der Waals surface area contributed by atoms with E-state index in [0.717, 1.165) is 12.8 Å². The van der Waals surface area contributed by atoms with Crippen LogP contribution in [0.4, 0.5) is 10.3 Å². The number of nitrogens with one attached hydrogen (secondary N) is 1. The molecule has 1 fully saturated rings. The lowest BCUT2D eigenvalue weighted by Gasteiger charge is -2.30. The molecule has 8 heteroatoms. The van der Waals surface area contributed by atoms with E-state index < -0.39 is 5.82 Å². The van der Waals surface area contributed by atoms with Crippen LogP contribution in [0.1, 0.15) is 30.1 Å². The Morgan fingerprint density at radius 2 is 2.13 bits per heavy atom. The van der Waals surface area contributed by atoms with Gasteiger partial charge in [0.1, 0.15) is 5.82 Å². The van der Waals surface area contributed by atoms with Crippen LogP contribution in [-0.4, -0.2) is 45.4 Å². The molecular weight excluding hydrogens is 383 g/mol. The van der Waals surface area contributed by atoms with Gasteiger partial charge in [0.15, 0.2) is 0 Å². The van der Waals surface area contributed by atoms with Crippen LogP contribution in [0.2, 0.25) is 0 Å². The first-order valence-electron chi connectivity index (χ1n) is 9.94. The molecule has 0 bridgehead atoms. The third-order valence-electron chi connectivity index (χ3n) is 5.18. The van der Waals surface area contributed by atoms with Gasteiger partial charge in [-0.3, -0.25) is 4.79 Å². The third-order valence-corrected chi connectivity index (χ3v) is 5.18. The Morgan fingerprint density at radius 1 is 1.33 bits per heavy atom. The second-order valence-electron chi connectivity index (χ2n) is 7.26. The van der Waals surface area contributed by atoms with Crippen molar-refractivity contribution in [3.05, 3.63) is 48.0 Å². The number of piperidine rings is 1. The number of hydrogen-bond donors (Lipinski definition) is 1. The lowest BCUT2D eigenvalue weighted by atomic mass is 9.98. The Bertz CT molecular complexity index is 1120. The number of anilines is 1. The molecule has 0 saturated carbocycles. The maximum atomic E-state index is 13.9. The molecule has 1 saturated heterocycles. The van der Waals surface area contributed by atoms with Crippen molar-refractivity contribution in [1.29, 1.82) is 5.26 Å². The standard InChI is InChI=1S/C22H21FN6O/c1-2-25-22-26-11-15(12-27-22)19-9-18(17-6-5-16(23)8-20(17)28-19)21(30)29-7-3-4-14(10-24)13-29/h5-6,8-9,11-12,14H,2-4,7,13H2,1H3,(H,25,26,27)/t14-/m1/s1. The summed E-state index contributed by atoms with van der Waals surface area (Å²) in [5.74, 6) is -0.271. The monoisotopic (exact) mass is 404 g/mol. The minimum Gasteiger partial charge on any atom is -0.355 e. The van der Waals surface area contributed by atoms with Crippen LogP contribution < -0.4 is 5.32 Å². The van der Waals surface area contributed by atoms with Crippen LogP contribution in [0.3, 0.4) is 0 Å². The summed E-state index contributed by atoms with van der Waals surface area (Å²) >= 11 is 0. The minimum absolute atomic E-state index is 0.167. The van der Waals surface area contributed by atoms with E-state index in [0.29, 0.717) is 53.3 Å². The number of carbonyl (C=O) groups is 1. The molecule has 1 amide bonds. The Hall–Kier alpha value is -3.60. The van der Waals surface area contributed by atoms with Gasteiger partial charge in [0, 0.05) is 49.0 Å². The Morgan fingerprint density at radius 3 is 2.87 bits per heavy atom. The molecule has 1 aliphatic rings. The highest BCUT2D eigenvalue weighted by Gasteiger charge is 2.26. The molecular formula is C22H21FN6O. The summed E-state index contributed by atoms with van der Waals surface area (Å²) in [5, 5.41) is 12.9. The van der Waals surface area contributed by atoms with Gasteiger partial charge in [-0.1, -0.05) is 0 Å². The normalized spacial score (nSPS) is 16.3. The number of aromatic nitrogens is 3. The van der Waals surface area contributed by atoms with E-state index in [9.17, 15) is 14.4 Å². The fourth-order valence-electron chi connectivity index (χ4n) is 3.67. The predicted molar refractivity (Wildman–Crippen MR) is 111 cm³/mol. The second-order valence-corrected chi connectivity index (χ2v) is 7.26. The smallest absolute Gasteiger partial charge is 0.254 e. The van der Waals surface area contributed by atoms with Crippen LogP contribution in [0.25, 0.3) is 22.2 Å². The number of rotatable bonds is 4. The largest absolute Gasteiger partial charge is 0.355 e. The molecule has 1 aliphatic heterocycles. The zero-order valence-electron chi connectivity index (χ0n) is 16.6. The molecule has 152 valence electrons. The van der Waals surface area contributed by atoms with E-state index in [2.05, 4.69) is 26.3 Å². The van der Waals surface area contributed by atoms with Crippen molar-refractivity contribution in [1.82, 2.24) is 19.9 Å². The van der Waals surface area contributed by atoms with E-state index in [1.165, 1.54) is 12.1 Å². The molecule has 0 unspecified atom stereocenters. The lowest BCUT2D eigenvalue weighted by Crippen LogP contribution is -2.39. The minimum atomic E-state index is -0.424. The molecule has 1 aromatic carbocycles. The highest BCUT2D eigenvalue weighted by Crippen LogP contribution is 2.27. The van der Waals surface area contributed by atoms with Crippen LogP contribution in [0, 0.1) is 23.1 Å². The van der Waals surface area contributed by atoms with Crippen LogP contribution in [0.15, 0.2) is 36.7 Å². The molecule has 30 heavy (non-hydrogen) atoms. The molecule has 4 rings (SSSR count). The molecule has 0 aliphatic carbocycles. The summed E-state index contributed by atoms with van der Waals surface area (Å²) < 4.78 is 13.9. The van der Waals surface area contributed by atoms with E-state index >= 15 is 0 Å². The van der Waals surface area contributed by atoms with Crippen LogP contribution in [-0.2, 0) is 0 Å². The zero-order chi connectivity index (χ0) is 21.1. The van der Waals surface area contributed by atoms with Gasteiger partial charge in [0.25, 0.3) is 5.91 Å². The van der Waals surface area contributed by atoms with Gasteiger partial charge in [0.05, 0.1) is 28.8 Å². The molecule has 7 nitrogen and oxygen atoms in total. The number of halogens is 1. The third kappa shape index (κ3) is 3.92. The van der Waals surface area contributed by atoms with Gasteiger partial charge in [-0.15, -0.1) is 0 Å². The number of carbonyl (C=O) groups excluding carboxylic acids is 1. The highest BCUT2D eigenvalue weighted by molar-refractivity contribution is 6.07. The molecule has 3 heterocycles. The summed E-state index contributed by atoms with van der Waals surface area (Å²) in [7, 11) is 0. The molecule has 1 atom stereocenters. The molecule has 0 spiro atoms. The van der Waals surface area contributed by atoms with Crippen LogP contribution >= 0.6 is 0 Å². The highest BCUT2D eigenvalue weighted by atomic mass is 19.1. The second kappa shape index (κ2) is 8.41. The number of likely N-dealkylation sites (tertiary alicyclic amines) is 1. The predicted octanol–water partition coefficient (Wildman–Crippen LogP) is 3.64. The average Bonchev–Trinajstić information content (AvgIpc) is 2.78. The first kappa shape index (κ1) is 19.7. The van der Waals surface area contributed by atoms with Gasteiger partial charge in [-0.2, -0.15) is 5.26 Å². The average molecular weight is 404 g/mol. The molecule has 1 N–H and O–H groups in total. The number of nitriles is 1. The van der Waals surface area contributed by atoms with Gasteiger partial charge >= 0.3 is 0 Å². The first-order valence-corrected chi connectivity index (χ1v) is 9.94. The molecule has 2 aromatic heterocycles. The summed E-state index contributed by atoms with van der Waals surface area (Å²) in [4.78, 5) is 28.1. The summed E-state index contributed by atoms with van der Waals surface area (Å²) in [5.41, 5.74) is 1.95. The van der Waals surface area contributed by atoms with Crippen molar-refractivity contribution in [3.63, 3.8) is 0 Å². The fraction of sp³-hybridized carbons (Fsp3) is 0.318. The van der Waals surface area contributed by atoms with Crippen molar-refractivity contribution in [2.75, 3.05) is 25.0 Å².